The highest BCUT2D eigenvalue weighted by atomic mass is 79.9. The van der Waals surface area contributed by atoms with Crippen molar-refractivity contribution in [1.29, 1.82) is 0 Å². The number of hydrogen-bond acceptors (Lipinski definition) is 6. The second kappa shape index (κ2) is 8.79. The number of fused-ring (bicyclic) bond motifs is 2. The average molecular weight is 534 g/mol. The van der Waals surface area contributed by atoms with Crippen LogP contribution in [0.5, 0.6) is 5.75 Å². The number of anilines is 1. The topological polar surface area (TPSA) is 97.0 Å². The van der Waals surface area contributed by atoms with Gasteiger partial charge in [-0.15, -0.1) is 0 Å². The Morgan fingerprint density at radius 3 is 2.57 bits per heavy atom. The minimum Gasteiger partial charge on any atom is -0.493 e. The second-order valence-corrected chi connectivity index (χ2v) is 9.24. The minimum absolute atomic E-state index is 0.218. The van der Waals surface area contributed by atoms with E-state index in [1.807, 2.05) is 30.3 Å². The van der Waals surface area contributed by atoms with E-state index in [9.17, 15) is 19.5 Å². The van der Waals surface area contributed by atoms with Gasteiger partial charge in [-0.25, -0.2) is 4.79 Å². The van der Waals surface area contributed by atoms with E-state index in [1.54, 1.807) is 36.4 Å². The molecule has 8 heteroatoms. The standard InChI is InChI=1S/C27H20BrNO6/c1-34-23-9-5-8-17-12-19(25(31)35-24(17)23)22(30)14-27(33)20-13-18(28)10-11-21(20)29(26(27)32)15-16-6-3-2-4-7-16/h2-13,33H,14-15H2,1H3/t27-/m1/s1. The summed E-state index contributed by atoms with van der Waals surface area (Å²) in [6.45, 7) is 0.225. The van der Waals surface area contributed by atoms with Gasteiger partial charge in [-0.05, 0) is 35.9 Å². The van der Waals surface area contributed by atoms with E-state index in [4.69, 9.17) is 9.15 Å². The zero-order valence-corrected chi connectivity index (χ0v) is 20.2. The summed E-state index contributed by atoms with van der Waals surface area (Å²) < 4.78 is 11.2. The number of nitrogens with zero attached hydrogens (tertiary/aromatic N) is 1. The number of halogens is 1. The van der Waals surface area contributed by atoms with Gasteiger partial charge in [-0.2, -0.15) is 0 Å². The number of hydrogen-bond donors (Lipinski definition) is 1. The van der Waals surface area contributed by atoms with Gasteiger partial charge in [0.15, 0.2) is 22.7 Å². The Hall–Kier alpha value is -3.75. The number of ether oxygens (including phenoxy) is 1. The Morgan fingerprint density at radius 2 is 1.83 bits per heavy atom. The van der Waals surface area contributed by atoms with E-state index in [-0.39, 0.29) is 17.7 Å². The van der Waals surface area contributed by atoms with E-state index in [1.165, 1.54) is 18.1 Å². The molecule has 176 valence electrons. The van der Waals surface area contributed by atoms with Gasteiger partial charge in [0.25, 0.3) is 5.91 Å². The summed E-state index contributed by atoms with van der Waals surface area (Å²) in [6, 6.07) is 20.9. The van der Waals surface area contributed by atoms with Crippen molar-refractivity contribution in [3.63, 3.8) is 0 Å². The molecular formula is C27H20BrNO6. The van der Waals surface area contributed by atoms with Crippen molar-refractivity contribution >= 4 is 44.3 Å². The number of aliphatic hydroxyl groups is 1. The van der Waals surface area contributed by atoms with Gasteiger partial charge in [-0.1, -0.05) is 58.4 Å². The predicted molar refractivity (Wildman–Crippen MR) is 134 cm³/mol. The SMILES string of the molecule is COc1cccc2cc(C(=O)C[C@]3(O)C(=O)N(Cc4ccccc4)c4ccc(Br)cc43)c(=O)oc12. The summed E-state index contributed by atoms with van der Waals surface area (Å²) >= 11 is 3.38. The van der Waals surface area contributed by atoms with Crippen LogP contribution in [0.4, 0.5) is 5.69 Å². The molecule has 1 aliphatic rings. The van der Waals surface area contributed by atoms with Crippen LogP contribution in [0, 0.1) is 0 Å². The number of benzene rings is 3. The molecule has 4 aromatic rings. The number of methoxy groups -OCH3 is 1. The van der Waals surface area contributed by atoms with Gasteiger partial charge in [-0.3, -0.25) is 9.59 Å². The van der Waals surface area contributed by atoms with E-state index in [0.717, 1.165) is 5.56 Å². The highest BCUT2D eigenvalue weighted by Gasteiger charge is 2.51. The summed E-state index contributed by atoms with van der Waals surface area (Å²) in [5.41, 5.74) is -1.35. The van der Waals surface area contributed by atoms with Crippen LogP contribution in [0.15, 0.2) is 86.5 Å². The quantitative estimate of drug-likeness (QED) is 0.288. The molecule has 0 spiro atoms. The van der Waals surface area contributed by atoms with Gasteiger partial charge in [0.05, 0.1) is 25.8 Å². The Bertz CT molecular complexity index is 1530. The lowest BCUT2D eigenvalue weighted by Crippen LogP contribution is -2.42. The number of Topliss-reactive ketones (excluding diaryl/α,β-unsaturated/α-hetero) is 1. The first-order valence-electron chi connectivity index (χ1n) is 10.8. The summed E-state index contributed by atoms with van der Waals surface area (Å²) in [6.07, 6.45) is -0.610. The molecule has 2 heterocycles. The van der Waals surface area contributed by atoms with Crippen LogP contribution in [0.2, 0.25) is 0 Å². The first-order valence-corrected chi connectivity index (χ1v) is 11.6. The summed E-state index contributed by atoms with van der Waals surface area (Å²) in [4.78, 5) is 41.0. The van der Waals surface area contributed by atoms with Crippen molar-refractivity contribution < 1.29 is 23.8 Å². The maximum absolute atomic E-state index is 13.5. The molecular weight excluding hydrogens is 514 g/mol. The van der Waals surface area contributed by atoms with Gasteiger partial charge >= 0.3 is 5.63 Å². The molecule has 1 amide bonds. The molecule has 0 saturated heterocycles. The second-order valence-electron chi connectivity index (χ2n) is 8.32. The van der Waals surface area contributed by atoms with Crippen LogP contribution in [0.1, 0.15) is 27.9 Å². The number of amides is 1. The Labute approximate surface area is 208 Å². The first kappa shape index (κ1) is 23.0. The van der Waals surface area contributed by atoms with Crippen LogP contribution < -0.4 is 15.3 Å². The lowest BCUT2D eigenvalue weighted by atomic mass is 9.88. The Balaban J connectivity index is 1.54. The summed E-state index contributed by atoms with van der Waals surface area (Å²) in [5.74, 6) is -0.972. The van der Waals surface area contributed by atoms with Gasteiger partial charge in [0, 0.05) is 15.4 Å². The van der Waals surface area contributed by atoms with E-state index in [0.29, 0.717) is 26.9 Å². The summed E-state index contributed by atoms with van der Waals surface area (Å²) in [5, 5.41) is 12.1. The highest BCUT2D eigenvalue weighted by molar-refractivity contribution is 9.10. The molecule has 0 aliphatic carbocycles. The van der Waals surface area contributed by atoms with Gasteiger partial charge < -0.3 is 19.2 Å². The number of carbonyl (C=O) groups is 2. The Morgan fingerprint density at radius 1 is 1.06 bits per heavy atom. The molecule has 0 fully saturated rings. The fraction of sp³-hybridized carbons (Fsp3) is 0.148. The Kier molecular flexibility index (Phi) is 5.78. The lowest BCUT2D eigenvalue weighted by Gasteiger charge is -2.22. The zero-order chi connectivity index (χ0) is 24.7. The third-order valence-corrected chi connectivity index (χ3v) is 6.63. The number of para-hydroxylation sites is 1. The van der Waals surface area contributed by atoms with Crippen LogP contribution >= 0.6 is 15.9 Å². The molecule has 7 nitrogen and oxygen atoms in total. The van der Waals surface area contributed by atoms with E-state index >= 15 is 0 Å². The number of rotatable bonds is 6. The van der Waals surface area contributed by atoms with Crippen molar-refractivity contribution in [2.24, 2.45) is 0 Å². The molecule has 0 bridgehead atoms. The van der Waals surface area contributed by atoms with Crippen LogP contribution in [-0.2, 0) is 16.9 Å². The smallest absolute Gasteiger partial charge is 0.347 e. The maximum atomic E-state index is 13.5. The first-order chi connectivity index (χ1) is 16.8. The lowest BCUT2D eigenvalue weighted by molar-refractivity contribution is -0.136. The molecule has 3 aromatic carbocycles. The van der Waals surface area contributed by atoms with Gasteiger partial charge in [0.1, 0.15) is 5.56 Å². The van der Waals surface area contributed by atoms with E-state index in [2.05, 4.69) is 15.9 Å². The summed E-state index contributed by atoms with van der Waals surface area (Å²) in [7, 11) is 1.45. The normalized spacial score (nSPS) is 17.0. The molecule has 1 N–H and O–H groups in total. The molecule has 1 aromatic heterocycles. The van der Waals surface area contributed by atoms with Crippen molar-refractivity contribution in [3.05, 3.63) is 104 Å². The van der Waals surface area contributed by atoms with Crippen molar-refractivity contribution in [3.8, 4) is 5.75 Å². The molecule has 5 rings (SSSR count). The fourth-order valence-electron chi connectivity index (χ4n) is 4.42. The zero-order valence-electron chi connectivity index (χ0n) is 18.7. The molecule has 0 unspecified atom stereocenters. The molecule has 1 aliphatic heterocycles. The molecule has 1 atom stereocenters. The maximum Gasteiger partial charge on any atom is 0.347 e. The van der Waals surface area contributed by atoms with Crippen molar-refractivity contribution in [2.45, 2.75) is 18.6 Å². The van der Waals surface area contributed by atoms with Crippen LogP contribution in [0.25, 0.3) is 11.0 Å². The van der Waals surface area contributed by atoms with Crippen LogP contribution in [-0.4, -0.2) is 23.9 Å². The number of ketones is 1. The molecule has 35 heavy (non-hydrogen) atoms. The average Bonchev–Trinajstić information content (AvgIpc) is 3.05. The van der Waals surface area contributed by atoms with Crippen molar-refractivity contribution in [1.82, 2.24) is 0 Å². The highest BCUT2D eigenvalue weighted by Crippen LogP contribution is 2.44. The fourth-order valence-corrected chi connectivity index (χ4v) is 4.78. The molecule has 0 saturated carbocycles. The number of carbonyl (C=O) groups excluding carboxylic acids is 2. The third kappa shape index (κ3) is 3.94. The predicted octanol–water partition coefficient (Wildman–Crippen LogP) is 4.57. The van der Waals surface area contributed by atoms with Crippen LogP contribution in [0.3, 0.4) is 0 Å². The monoisotopic (exact) mass is 533 g/mol. The van der Waals surface area contributed by atoms with Gasteiger partial charge in [0.2, 0.25) is 0 Å². The van der Waals surface area contributed by atoms with Crippen molar-refractivity contribution in [2.75, 3.05) is 12.0 Å². The molecule has 0 radical (unpaired) electrons. The largest absolute Gasteiger partial charge is 0.493 e. The van der Waals surface area contributed by atoms with E-state index < -0.39 is 29.3 Å². The third-order valence-electron chi connectivity index (χ3n) is 6.14. The minimum atomic E-state index is -2.14.